The molecule has 3 fully saturated rings. The number of amides is 4. The number of benzene rings is 1. The average Bonchev–Trinajstić information content (AvgIpc) is 3.63. The van der Waals surface area contributed by atoms with Crippen LogP contribution in [-0.4, -0.2) is 50.9 Å². The van der Waals surface area contributed by atoms with Gasteiger partial charge in [-0.05, 0) is 62.8 Å². The van der Waals surface area contributed by atoms with Crippen molar-refractivity contribution in [1.82, 2.24) is 25.1 Å². The SMILES string of the molecule is O=C(NC1CCC(N2C(=O)CNC2=O)CC1)c1ccc2c(c1)nc(-c1ccoc1)n2C1CCCCC1. The second-order valence-corrected chi connectivity index (χ2v) is 10.2. The van der Waals surface area contributed by atoms with Crippen molar-refractivity contribution in [1.29, 1.82) is 0 Å². The van der Waals surface area contributed by atoms with E-state index in [-0.39, 0.29) is 36.5 Å². The summed E-state index contributed by atoms with van der Waals surface area (Å²) in [5.74, 6) is 0.609. The van der Waals surface area contributed by atoms with E-state index in [0.717, 1.165) is 48.1 Å². The van der Waals surface area contributed by atoms with E-state index in [1.54, 1.807) is 12.5 Å². The van der Waals surface area contributed by atoms with Gasteiger partial charge in [-0.3, -0.25) is 14.5 Å². The van der Waals surface area contributed by atoms with Gasteiger partial charge in [-0.2, -0.15) is 0 Å². The van der Waals surface area contributed by atoms with Crippen LogP contribution in [0.5, 0.6) is 0 Å². The number of imidazole rings is 1. The Labute approximate surface area is 209 Å². The lowest BCUT2D eigenvalue weighted by Crippen LogP contribution is -2.46. The molecule has 0 bridgehead atoms. The zero-order valence-electron chi connectivity index (χ0n) is 20.2. The number of hydrogen-bond donors (Lipinski definition) is 2. The van der Waals surface area contributed by atoms with Crippen LogP contribution >= 0.6 is 0 Å². The second kappa shape index (κ2) is 9.44. The Morgan fingerprint density at radius 1 is 1.00 bits per heavy atom. The van der Waals surface area contributed by atoms with E-state index >= 15 is 0 Å². The number of furan rings is 1. The summed E-state index contributed by atoms with van der Waals surface area (Å²) in [6.07, 6.45) is 12.2. The molecule has 0 unspecified atom stereocenters. The molecule has 1 aromatic carbocycles. The third-order valence-corrected chi connectivity index (χ3v) is 7.95. The zero-order valence-corrected chi connectivity index (χ0v) is 20.2. The van der Waals surface area contributed by atoms with Crippen molar-refractivity contribution in [3.05, 3.63) is 42.4 Å². The lowest BCUT2D eigenvalue weighted by Gasteiger charge is -2.33. The Morgan fingerprint density at radius 2 is 1.81 bits per heavy atom. The first-order valence-corrected chi connectivity index (χ1v) is 13.0. The van der Waals surface area contributed by atoms with Gasteiger partial charge in [-0.15, -0.1) is 0 Å². The van der Waals surface area contributed by atoms with Crippen LogP contribution in [0.25, 0.3) is 22.4 Å². The number of rotatable bonds is 5. The second-order valence-electron chi connectivity index (χ2n) is 10.2. The van der Waals surface area contributed by atoms with Crippen LogP contribution in [0, 0.1) is 0 Å². The van der Waals surface area contributed by atoms with Crippen molar-refractivity contribution in [3.63, 3.8) is 0 Å². The Bertz CT molecular complexity index is 1270. The first-order valence-electron chi connectivity index (χ1n) is 13.0. The van der Waals surface area contributed by atoms with Crippen LogP contribution in [0.3, 0.4) is 0 Å². The number of aromatic nitrogens is 2. The van der Waals surface area contributed by atoms with Crippen molar-refractivity contribution in [2.45, 2.75) is 75.9 Å². The quantitative estimate of drug-likeness (QED) is 0.517. The Hall–Kier alpha value is -3.62. The number of nitrogens with zero attached hydrogens (tertiary/aromatic N) is 3. The highest BCUT2D eigenvalue weighted by Gasteiger charge is 2.37. The topological polar surface area (TPSA) is 109 Å². The number of nitrogens with one attached hydrogen (secondary N) is 2. The summed E-state index contributed by atoms with van der Waals surface area (Å²) in [6.45, 7) is 0.0802. The number of carbonyl (C=O) groups excluding carboxylic acids is 3. The van der Waals surface area contributed by atoms with E-state index in [0.29, 0.717) is 24.4 Å². The lowest BCUT2D eigenvalue weighted by atomic mass is 9.90. The van der Waals surface area contributed by atoms with Crippen LogP contribution in [0.4, 0.5) is 4.79 Å². The van der Waals surface area contributed by atoms with Crippen molar-refractivity contribution in [2.75, 3.05) is 6.54 Å². The predicted molar refractivity (Wildman–Crippen MR) is 133 cm³/mol. The fourth-order valence-corrected chi connectivity index (χ4v) is 6.10. The molecule has 2 aromatic heterocycles. The molecule has 3 heterocycles. The molecule has 188 valence electrons. The molecule has 6 rings (SSSR count). The van der Waals surface area contributed by atoms with Crippen LogP contribution in [0.2, 0.25) is 0 Å². The highest BCUT2D eigenvalue weighted by Crippen LogP contribution is 2.36. The summed E-state index contributed by atoms with van der Waals surface area (Å²) in [5, 5.41) is 5.74. The standard InChI is InChI=1S/C27H31N5O4/c33-24-15-28-27(35)32(24)21-9-7-19(8-10-21)29-26(34)17-6-11-23-22(14-17)30-25(18-12-13-36-16-18)31(23)20-4-2-1-3-5-20/h6,11-14,16,19-21H,1-5,7-10,15H2,(H,28,35)(H,29,34). The molecule has 0 radical (unpaired) electrons. The zero-order chi connectivity index (χ0) is 24.6. The van der Waals surface area contributed by atoms with Gasteiger partial charge in [-0.1, -0.05) is 19.3 Å². The fraction of sp³-hybridized carbons (Fsp3) is 0.481. The van der Waals surface area contributed by atoms with Crippen LogP contribution in [-0.2, 0) is 4.79 Å². The number of carbonyl (C=O) groups is 3. The van der Waals surface area contributed by atoms with Crippen LogP contribution < -0.4 is 10.6 Å². The van der Waals surface area contributed by atoms with E-state index < -0.39 is 0 Å². The number of imide groups is 1. The molecular weight excluding hydrogens is 458 g/mol. The average molecular weight is 490 g/mol. The van der Waals surface area contributed by atoms with Crippen LogP contribution in [0.15, 0.2) is 41.2 Å². The summed E-state index contributed by atoms with van der Waals surface area (Å²) < 4.78 is 7.68. The minimum Gasteiger partial charge on any atom is -0.472 e. The molecular formula is C27H31N5O4. The maximum atomic E-state index is 13.1. The largest absolute Gasteiger partial charge is 0.472 e. The molecule has 3 aromatic rings. The third kappa shape index (κ3) is 4.16. The van der Waals surface area contributed by atoms with Gasteiger partial charge in [0, 0.05) is 23.7 Å². The van der Waals surface area contributed by atoms with Gasteiger partial charge in [0.15, 0.2) is 0 Å². The molecule has 2 saturated carbocycles. The lowest BCUT2D eigenvalue weighted by molar-refractivity contribution is -0.127. The monoisotopic (exact) mass is 489 g/mol. The van der Waals surface area contributed by atoms with E-state index in [2.05, 4.69) is 15.2 Å². The molecule has 1 saturated heterocycles. The molecule has 9 nitrogen and oxygen atoms in total. The number of fused-ring (bicyclic) bond motifs is 1. The van der Waals surface area contributed by atoms with E-state index in [1.807, 2.05) is 24.3 Å². The van der Waals surface area contributed by atoms with Crippen molar-refractivity contribution < 1.29 is 18.8 Å². The van der Waals surface area contributed by atoms with Gasteiger partial charge in [-0.25, -0.2) is 9.78 Å². The van der Waals surface area contributed by atoms with Gasteiger partial charge >= 0.3 is 6.03 Å². The first kappa shape index (κ1) is 22.8. The summed E-state index contributed by atoms with van der Waals surface area (Å²) >= 11 is 0. The number of urea groups is 1. The van der Waals surface area contributed by atoms with E-state index in [9.17, 15) is 14.4 Å². The smallest absolute Gasteiger partial charge is 0.324 e. The Balaban J connectivity index is 1.19. The molecule has 4 amide bonds. The molecule has 9 heteroatoms. The highest BCUT2D eigenvalue weighted by atomic mass is 16.3. The van der Waals surface area contributed by atoms with Crippen molar-refractivity contribution in [3.8, 4) is 11.4 Å². The first-order chi connectivity index (χ1) is 17.6. The highest BCUT2D eigenvalue weighted by molar-refractivity contribution is 6.02. The molecule has 0 atom stereocenters. The van der Waals surface area contributed by atoms with Crippen molar-refractivity contribution in [2.24, 2.45) is 0 Å². The molecule has 36 heavy (non-hydrogen) atoms. The minimum atomic E-state index is -0.303. The van der Waals surface area contributed by atoms with Crippen molar-refractivity contribution >= 4 is 28.9 Å². The summed E-state index contributed by atoms with van der Waals surface area (Å²) in [5.41, 5.74) is 3.39. The minimum absolute atomic E-state index is 0.0199. The predicted octanol–water partition coefficient (Wildman–Crippen LogP) is 4.39. The van der Waals surface area contributed by atoms with Crippen LogP contribution in [0.1, 0.15) is 74.2 Å². The normalized spacial score (nSPS) is 23.3. The van der Waals surface area contributed by atoms with Gasteiger partial charge in [0.25, 0.3) is 5.91 Å². The van der Waals surface area contributed by atoms with Gasteiger partial charge in [0.2, 0.25) is 5.91 Å². The Morgan fingerprint density at radius 3 is 2.50 bits per heavy atom. The molecule has 3 aliphatic rings. The molecule has 1 aliphatic heterocycles. The van der Waals surface area contributed by atoms with Gasteiger partial charge in [0.05, 0.1) is 29.4 Å². The van der Waals surface area contributed by atoms with E-state index in [1.165, 1.54) is 24.2 Å². The summed E-state index contributed by atoms with van der Waals surface area (Å²) in [4.78, 5) is 43.4. The van der Waals surface area contributed by atoms with Gasteiger partial charge in [0.1, 0.15) is 12.1 Å². The van der Waals surface area contributed by atoms with Gasteiger partial charge < -0.3 is 19.6 Å². The molecule has 0 spiro atoms. The maximum absolute atomic E-state index is 13.1. The summed E-state index contributed by atoms with van der Waals surface area (Å²) in [7, 11) is 0. The Kier molecular flexibility index (Phi) is 5.99. The number of hydrogen-bond acceptors (Lipinski definition) is 5. The molecule has 2 N–H and O–H groups in total. The fourth-order valence-electron chi connectivity index (χ4n) is 6.10. The van der Waals surface area contributed by atoms with E-state index in [4.69, 9.17) is 9.40 Å². The summed E-state index contributed by atoms with van der Waals surface area (Å²) in [6, 6.07) is 7.74. The molecule has 2 aliphatic carbocycles. The third-order valence-electron chi connectivity index (χ3n) is 7.95. The maximum Gasteiger partial charge on any atom is 0.324 e.